The fourth-order valence-electron chi connectivity index (χ4n) is 1.75. The summed E-state index contributed by atoms with van der Waals surface area (Å²) in [7, 11) is -3.11. The van der Waals surface area contributed by atoms with Crippen molar-refractivity contribution in [2.45, 2.75) is 13.3 Å². The van der Waals surface area contributed by atoms with Crippen molar-refractivity contribution in [2.75, 3.05) is 25.2 Å². The summed E-state index contributed by atoms with van der Waals surface area (Å²) >= 11 is 0. The third-order valence-electron chi connectivity index (χ3n) is 2.73. The van der Waals surface area contributed by atoms with Crippen molar-refractivity contribution in [1.82, 2.24) is 0 Å². The van der Waals surface area contributed by atoms with Gasteiger partial charge in [-0.25, -0.2) is 8.42 Å². The maximum atomic E-state index is 11.0. The molecule has 0 heterocycles. The van der Waals surface area contributed by atoms with Gasteiger partial charge < -0.3 is 9.84 Å². The first kappa shape index (κ1) is 12.4. The molecule has 0 aromatic rings. The van der Waals surface area contributed by atoms with Crippen LogP contribution < -0.4 is 0 Å². The molecule has 0 aromatic carbocycles. The van der Waals surface area contributed by atoms with E-state index >= 15 is 0 Å². The normalized spacial score (nSPS) is 30.1. The van der Waals surface area contributed by atoms with E-state index in [4.69, 9.17) is 9.84 Å². The molecule has 88 valence electrons. The number of rotatable bonds is 6. The number of hydrogen-bond acceptors (Lipinski definition) is 4. The van der Waals surface area contributed by atoms with E-state index < -0.39 is 21.2 Å². The Bertz CT molecular complexity index is 348. The second-order valence-electron chi connectivity index (χ2n) is 4.09. The van der Waals surface area contributed by atoms with Gasteiger partial charge in [-0.3, -0.25) is 4.79 Å². The van der Waals surface area contributed by atoms with Crippen molar-refractivity contribution in [3.63, 3.8) is 0 Å². The SMILES string of the molecule is CCOC[C@]1(C(=O)O)C[C@@H]1CS(C)(=O)=O. The van der Waals surface area contributed by atoms with Gasteiger partial charge in [-0.2, -0.15) is 0 Å². The summed E-state index contributed by atoms with van der Waals surface area (Å²) in [5.41, 5.74) is -0.959. The quantitative estimate of drug-likeness (QED) is 0.710. The summed E-state index contributed by atoms with van der Waals surface area (Å²) < 4.78 is 27.2. The number of carboxylic acids is 1. The van der Waals surface area contributed by atoms with Gasteiger partial charge >= 0.3 is 5.97 Å². The lowest BCUT2D eigenvalue weighted by atomic mass is 10.1. The van der Waals surface area contributed by atoms with Crippen LogP contribution in [0.5, 0.6) is 0 Å². The molecule has 1 N–H and O–H groups in total. The van der Waals surface area contributed by atoms with Crippen LogP contribution >= 0.6 is 0 Å². The molecule has 2 atom stereocenters. The summed E-state index contributed by atoms with van der Waals surface area (Å²) in [6.45, 7) is 2.34. The number of aliphatic carboxylic acids is 1. The Morgan fingerprint density at radius 3 is 2.60 bits per heavy atom. The number of carbonyl (C=O) groups is 1. The Kier molecular flexibility index (Phi) is 3.40. The molecular formula is C9H16O5S. The molecule has 6 heteroatoms. The van der Waals surface area contributed by atoms with Crippen LogP contribution in [0.25, 0.3) is 0 Å². The molecule has 1 aliphatic rings. The zero-order chi connectivity index (χ0) is 11.7. The molecule has 1 fully saturated rings. The lowest BCUT2D eigenvalue weighted by Crippen LogP contribution is -2.26. The van der Waals surface area contributed by atoms with Crippen molar-refractivity contribution in [1.29, 1.82) is 0 Å². The predicted octanol–water partition coefficient (Wildman–Crippen LogP) is 0.158. The van der Waals surface area contributed by atoms with Gasteiger partial charge in [-0.05, 0) is 19.3 Å². The van der Waals surface area contributed by atoms with Crippen molar-refractivity contribution >= 4 is 15.8 Å². The number of carboxylic acid groups (broad SMARTS) is 1. The lowest BCUT2D eigenvalue weighted by Gasteiger charge is -2.11. The molecule has 1 aliphatic carbocycles. The van der Waals surface area contributed by atoms with E-state index in [1.54, 1.807) is 6.92 Å². The highest BCUT2D eigenvalue weighted by Crippen LogP contribution is 2.53. The minimum atomic E-state index is -3.11. The minimum absolute atomic E-state index is 0.0631. The van der Waals surface area contributed by atoms with E-state index in [9.17, 15) is 13.2 Å². The van der Waals surface area contributed by atoms with Gasteiger partial charge in [0.25, 0.3) is 0 Å². The molecule has 0 aliphatic heterocycles. The van der Waals surface area contributed by atoms with Crippen molar-refractivity contribution in [2.24, 2.45) is 11.3 Å². The van der Waals surface area contributed by atoms with Crippen LogP contribution in [0, 0.1) is 11.3 Å². The van der Waals surface area contributed by atoms with Crippen molar-refractivity contribution < 1.29 is 23.1 Å². The highest BCUT2D eigenvalue weighted by Gasteiger charge is 2.61. The Hall–Kier alpha value is -0.620. The zero-order valence-electron chi connectivity index (χ0n) is 8.89. The average molecular weight is 236 g/mol. The van der Waals surface area contributed by atoms with Crippen LogP contribution in [0.2, 0.25) is 0 Å². The molecule has 0 bridgehead atoms. The van der Waals surface area contributed by atoms with Crippen molar-refractivity contribution in [3.05, 3.63) is 0 Å². The zero-order valence-corrected chi connectivity index (χ0v) is 9.71. The molecule has 1 rings (SSSR count). The number of sulfone groups is 1. The molecule has 0 saturated heterocycles. The fourth-order valence-corrected chi connectivity index (χ4v) is 2.92. The van der Waals surface area contributed by atoms with Crippen LogP contribution in [0.3, 0.4) is 0 Å². The number of hydrogen-bond donors (Lipinski definition) is 1. The molecule has 0 unspecified atom stereocenters. The first-order valence-electron chi connectivity index (χ1n) is 4.80. The van der Waals surface area contributed by atoms with Crippen LogP contribution in [-0.2, 0) is 19.4 Å². The molecule has 15 heavy (non-hydrogen) atoms. The Morgan fingerprint density at radius 2 is 2.20 bits per heavy atom. The van der Waals surface area contributed by atoms with Crippen LogP contribution in [0.15, 0.2) is 0 Å². The highest BCUT2D eigenvalue weighted by molar-refractivity contribution is 7.90. The summed E-state index contributed by atoms with van der Waals surface area (Å²) in [4.78, 5) is 11.0. The number of ether oxygens (including phenoxy) is 1. The molecule has 0 spiro atoms. The van der Waals surface area contributed by atoms with E-state index in [0.717, 1.165) is 6.26 Å². The first-order valence-corrected chi connectivity index (χ1v) is 6.87. The lowest BCUT2D eigenvalue weighted by molar-refractivity contribution is -0.146. The van der Waals surface area contributed by atoms with Gasteiger partial charge in [0.05, 0.1) is 17.8 Å². The van der Waals surface area contributed by atoms with Gasteiger partial charge in [0, 0.05) is 12.9 Å². The fraction of sp³-hybridized carbons (Fsp3) is 0.889. The molecular weight excluding hydrogens is 220 g/mol. The summed E-state index contributed by atoms with van der Waals surface area (Å²) in [6.07, 6.45) is 1.52. The van der Waals surface area contributed by atoms with Gasteiger partial charge in [-0.1, -0.05) is 0 Å². The van der Waals surface area contributed by atoms with E-state index in [0.29, 0.717) is 13.0 Å². The van der Waals surface area contributed by atoms with E-state index in [1.807, 2.05) is 0 Å². The second-order valence-corrected chi connectivity index (χ2v) is 6.28. The van der Waals surface area contributed by atoms with Crippen LogP contribution in [-0.4, -0.2) is 44.7 Å². The van der Waals surface area contributed by atoms with Crippen molar-refractivity contribution in [3.8, 4) is 0 Å². The Labute approximate surface area is 89.3 Å². The van der Waals surface area contributed by atoms with Gasteiger partial charge in [0.1, 0.15) is 9.84 Å². The second kappa shape index (κ2) is 4.09. The third kappa shape index (κ3) is 2.92. The van der Waals surface area contributed by atoms with E-state index in [-0.39, 0.29) is 18.3 Å². The Morgan fingerprint density at radius 1 is 1.60 bits per heavy atom. The highest BCUT2D eigenvalue weighted by atomic mass is 32.2. The largest absolute Gasteiger partial charge is 0.481 e. The van der Waals surface area contributed by atoms with E-state index in [1.165, 1.54) is 0 Å². The summed E-state index contributed by atoms with van der Waals surface area (Å²) in [5.74, 6) is -1.31. The average Bonchev–Trinajstić information content (AvgIpc) is 2.73. The molecule has 0 aromatic heterocycles. The van der Waals surface area contributed by atoms with Gasteiger partial charge in [0.2, 0.25) is 0 Å². The maximum absolute atomic E-state index is 11.0. The molecule has 5 nitrogen and oxygen atoms in total. The summed E-state index contributed by atoms with van der Waals surface area (Å²) in [6, 6.07) is 0. The van der Waals surface area contributed by atoms with Crippen LogP contribution in [0.1, 0.15) is 13.3 Å². The Balaban J connectivity index is 2.62. The minimum Gasteiger partial charge on any atom is -0.481 e. The van der Waals surface area contributed by atoms with Crippen LogP contribution in [0.4, 0.5) is 0 Å². The first-order chi connectivity index (χ1) is 6.82. The molecule has 0 amide bonds. The standard InChI is InChI=1S/C9H16O5S/c1-3-14-6-9(8(10)11)4-7(9)5-15(2,12)13/h7H,3-6H2,1-2H3,(H,10,11)/t7-,9-/m1/s1. The topological polar surface area (TPSA) is 80.7 Å². The monoisotopic (exact) mass is 236 g/mol. The smallest absolute Gasteiger partial charge is 0.312 e. The molecule has 1 saturated carbocycles. The molecule has 0 radical (unpaired) electrons. The maximum Gasteiger partial charge on any atom is 0.312 e. The van der Waals surface area contributed by atoms with Gasteiger partial charge in [-0.15, -0.1) is 0 Å². The summed E-state index contributed by atoms with van der Waals surface area (Å²) in [5, 5.41) is 9.02. The van der Waals surface area contributed by atoms with Gasteiger partial charge in [0.15, 0.2) is 0 Å². The predicted molar refractivity (Wildman–Crippen MR) is 54.4 cm³/mol. The van der Waals surface area contributed by atoms with E-state index in [2.05, 4.69) is 0 Å². The third-order valence-corrected chi connectivity index (χ3v) is 3.73.